The first-order valence-electron chi connectivity index (χ1n) is 6.79. The Balaban J connectivity index is 2.19. The van der Waals surface area contributed by atoms with Gasteiger partial charge in [0, 0.05) is 13.7 Å². The van der Waals surface area contributed by atoms with Gasteiger partial charge in [-0.25, -0.2) is 0 Å². The molecule has 4 nitrogen and oxygen atoms in total. The van der Waals surface area contributed by atoms with Crippen LogP contribution in [0.15, 0.2) is 24.3 Å². The lowest BCUT2D eigenvalue weighted by atomic mass is 10.2. The lowest BCUT2D eigenvalue weighted by molar-refractivity contribution is -0.00214. The summed E-state index contributed by atoms with van der Waals surface area (Å²) in [5.41, 5.74) is 1.26. The molecule has 0 heterocycles. The molecule has 0 amide bonds. The number of rotatable bonds is 10. The first kappa shape index (κ1) is 16.0. The van der Waals surface area contributed by atoms with Gasteiger partial charge < -0.3 is 19.5 Å². The van der Waals surface area contributed by atoms with Gasteiger partial charge in [0.2, 0.25) is 0 Å². The fraction of sp³-hybridized carbons (Fsp3) is 0.600. The highest BCUT2D eigenvalue weighted by atomic mass is 16.5. The molecule has 0 bridgehead atoms. The van der Waals surface area contributed by atoms with Crippen molar-refractivity contribution >= 4 is 0 Å². The van der Waals surface area contributed by atoms with Gasteiger partial charge in [0.25, 0.3) is 0 Å². The minimum Gasteiger partial charge on any atom is -0.491 e. The number of methoxy groups -OCH3 is 1. The summed E-state index contributed by atoms with van der Waals surface area (Å²) in [5, 5.41) is 3.29. The fourth-order valence-electron chi connectivity index (χ4n) is 1.66. The fourth-order valence-corrected chi connectivity index (χ4v) is 1.66. The number of nitrogens with one attached hydrogen (secondary N) is 1. The third-order valence-electron chi connectivity index (χ3n) is 2.66. The van der Waals surface area contributed by atoms with E-state index in [0.717, 1.165) is 18.8 Å². The molecule has 0 fully saturated rings. The molecule has 0 aromatic heterocycles. The summed E-state index contributed by atoms with van der Waals surface area (Å²) in [6.45, 7) is 7.70. The highest BCUT2D eigenvalue weighted by molar-refractivity contribution is 5.27. The first-order chi connectivity index (χ1) is 9.26. The van der Waals surface area contributed by atoms with Crippen LogP contribution >= 0.6 is 0 Å². The van der Waals surface area contributed by atoms with Gasteiger partial charge >= 0.3 is 0 Å². The van der Waals surface area contributed by atoms with E-state index >= 15 is 0 Å². The molecule has 1 rings (SSSR count). The summed E-state index contributed by atoms with van der Waals surface area (Å²) in [6, 6.07) is 8.13. The van der Waals surface area contributed by atoms with Crippen LogP contribution in [0.2, 0.25) is 0 Å². The molecule has 108 valence electrons. The summed E-state index contributed by atoms with van der Waals surface area (Å²) in [5.74, 6) is 0.878. The van der Waals surface area contributed by atoms with Gasteiger partial charge in [0.1, 0.15) is 12.4 Å². The van der Waals surface area contributed by atoms with E-state index in [-0.39, 0.29) is 6.10 Å². The Hall–Kier alpha value is -1.10. The summed E-state index contributed by atoms with van der Waals surface area (Å²) >= 11 is 0. The quantitative estimate of drug-likeness (QED) is 0.660. The summed E-state index contributed by atoms with van der Waals surface area (Å²) in [7, 11) is 1.67. The highest BCUT2D eigenvalue weighted by Crippen LogP contribution is 2.12. The third-order valence-corrected chi connectivity index (χ3v) is 2.66. The van der Waals surface area contributed by atoms with Gasteiger partial charge in [-0.3, -0.25) is 0 Å². The van der Waals surface area contributed by atoms with E-state index in [4.69, 9.17) is 14.2 Å². The number of hydrogen-bond donors (Lipinski definition) is 1. The minimum atomic E-state index is 0.107. The Morgan fingerprint density at radius 1 is 1.16 bits per heavy atom. The predicted molar refractivity (Wildman–Crippen MR) is 76.6 cm³/mol. The molecule has 19 heavy (non-hydrogen) atoms. The zero-order valence-corrected chi connectivity index (χ0v) is 12.1. The Bertz CT molecular complexity index is 327. The van der Waals surface area contributed by atoms with E-state index in [9.17, 15) is 0 Å². The van der Waals surface area contributed by atoms with Crippen LogP contribution in [0.4, 0.5) is 0 Å². The molecule has 0 saturated heterocycles. The molecule has 0 spiro atoms. The summed E-state index contributed by atoms with van der Waals surface area (Å²) < 4.78 is 16.1. The van der Waals surface area contributed by atoms with Crippen molar-refractivity contribution in [2.45, 2.75) is 26.5 Å². The third kappa shape index (κ3) is 7.15. The molecule has 0 aliphatic carbocycles. The van der Waals surface area contributed by atoms with Gasteiger partial charge in [0.05, 0.1) is 19.3 Å². The Morgan fingerprint density at radius 3 is 2.53 bits per heavy atom. The van der Waals surface area contributed by atoms with Crippen LogP contribution in [-0.2, 0) is 16.0 Å². The van der Waals surface area contributed by atoms with Gasteiger partial charge in [-0.15, -0.1) is 0 Å². The molecule has 4 heteroatoms. The van der Waals surface area contributed by atoms with Crippen LogP contribution in [-0.4, -0.2) is 39.6 Å². The second-order valence-electron chi connectivity index (χ2n) is 4.41. The number of benzene rings is 1. The van der Waals surface area contributed by atoms with E-state index in [1.54, 1.807) is 7.11 Å². The average molecular weight is 267 g/mol. The zero-order valence-electron chi connectivity index (χ0n) is 12.1. The first-order valence-corrected chi connectivity index (χ1v) is 6.79. The van der Waals surface area contributed by atoms with Crippen LogP contribution in [0.1, 0.15) is 19.4 Å². The molecule has 0 saturated carbocycles. The lowest BCUT2D eigenvalue weighted by Crippen LogP contribution is -2.18. The number of ether oxygens (including phenoxy) is 3. The van der Waals surface area contributed by atoms with Crippen LogP contribution < -0.4 is 10.1 Å². The van der Waals surface area contributed by atoms with E-state index in [1.165, 1.54) is 5.56 Å². The van der Waals surface area contributed by atoms with Gasteiger partial charge in [0.15, 0.2) is 0 Å². The van der Waals surface area contributed by atoms with Gasteiger partial charge in [-0.2, -0.15) is 0 Å². The van der Waals surface area contributed by atoms with E-state index in [2.05, 4.69) is 24.4 Å². The highest BCUT2D eigenvalue weighted by Gasteiger charge is 2.01. The van der Waals surface area contributed by atoms with Gasteiger partial charge in [-0.05, 0) is 31.2 Å². The molecule has 1 N–H and O–H groups in total. The smallest absolute Gasteiger partial charge is 0.119 e. The van der Waals surface area contributed by atoms with E-state index < -0.39 is 0 Å². The molecule has 1 aromatic carbocycles. The van der Waals surface area contributed by atoms with Crippen molar-refractivity contribution in [2.24, 2.45) is 0 Å². The second kappa shape index (κ2) is 9.78. The maximum absolute atomic E-state index is 5.61. The zero-order chi connectivity index (χ0) is 13.9. The normalized spacial score (nSPS) is 12.4. The molecule has 0 radical (unpaired) electrons. The average Bonchev–Trinajstić information content (AvgIpc) is 2.43. The maximum atomic E-state index is 5.61. The Morgan fingerprint density at radius 2 is 1.89 bits per heavy atom. The molecule has 1 atom stereocenters. The minimum absolute atomic E-state index is 0.107. The Labute approximate surface area is 116 Å². The van der Waals surface area contributed by atoms with Crippen molar-refractivity contribution in [1.82, 2.24) is 5.32 Å². The van der Waals surface area contributed by atoms with Gasteiger partial charge in [-0.1, -0.05) is 19.1 Å². The molecular formula is C15H25NO3. The molecule has 1 aromatic rings. The van der Waals surface area contributed by atoms with Crippen molar-refractivity contribution < 1.29 is 14.2 Å². The summed E-state index contributed by atoms with van der Waals surface area (Å²) in [4.78, 5) is 0. The Kier molecular flexibility index (Phi) is 8.21. The lowest BCUT2D eigenvalue weighted by Gasteiger charge is -2.12. The monoisotopic (exact) mass is 267 g/mol. The maximum Gasteiger partial charge on any atom is 0.119 e. The second-order valence-corrected chi connectivity index (χ2v) is 4.41. The molecule has 0 aliphatic rings. The molecular weight excluding hydrogens is 242 g/mol. The van der Waals surface area contributed by atoms with Crippen molar-refractivity contribution in [1.29, 1.82) is 0 Å². The van der Waals surface area contributed by atoms with Crippen LogP contribution in [0.5, 0.6) is 5.75 Å². The van der Waals surface area contributed by atoms with Crippen LogP contribution in [0.25, 0.3) is 0 Å². The van der Waals surface area contributed by atoms with Crippen LogP contribution in [0.3, 0.4) is 0 Å². The largest absolute Gasteiger partial charge is 0.491 e. The van der Waals surface area contributed by atoms with Crippen molar-refractivity contribution in [3.8, 4) is 5.75 Å². The van der Waals surface area contributed by atoms with Crippen LogP contribution in [0, 0.1) is 0 Å². The predicted octanol–water partition coefficient (Wildman–Crippen LogP) is 2.23. The standard InChI is InChI=1S/C15H25NO3/c1-4-16-11-14-5-7-15(8-6-14)19-10-9-18-13(2)12-17-3/h5-8,13,16H,4,9-12H2,1-3H3. The van der Waals surface area contributed by atoms with E-state index in [1.807, 2.05) is 19.1 Å². The van der Waals surface area contributed by atoms with E-state index in [0.29, 0.717) is 19.8 Å². The SMILES string of the molecule is CCNCc1ccc(OCCOC(C)COC)cc1. The summed E-state index contributed by atoms with van der Waals surface area (Å²) in [6.07, 6.45) is 0.107. The van der Waals surface area contributed by atoms with Crippen molar-refractivity contribution in [2.75, 3.05) is 33.5 Å². The topological polar surface area (TPSA) is 39.7 Å². The number of hydrogen-bond acceptors (Lipinski definition) is 4. The molecule has 1 unspecified atom stereocenters. The van der Waals surface area contributed by atoms with Crippen molar-refractivity contribution in [3.63, 3.8) is 0 Å². The molecule has 0 aliphatic heterocycles. The van der Waals surface area contributed by atoms with Crippen molar-refractivity contribution in [3.05, 3.63) is 29.8 Å².